The number of hydrogen-bond donors (Lipinski definition) is 0. The Morgan fingerprint density at radius 2 is 1.05 bits per heavy atom. The van der Waals surface area contributed by atoms with E-state index in [9.17, 15) is 0 Å². The van der Waals surface area contributed by atoms with E-state index in [-0.39, 0.29) is 5.41 Å². The highest BCUT2D eigenvalue weighted by atomic mass is 16.3. The molecule has 11 aromatic rings. The van der Waals surface area contributed by atoms with Gasteiger partial charge in [-0.2, -0.15) is 0 Å². The molecule has 0 fully saturated rings. The lowest BCUT2D eigenvalue weighted by Gasteiger charge is -2.29. The van der Waals surface area contributed by atoms with E-state index in [0.717, 1.165) is 61.1 Å². The van der Waals surface area contributed by atoms with Gasteiger partial charge in [-0.3, -0.25) is 0 Å². The highest BCUT2D eigenvalue weighted by Crippen LogP contribution is 2.54. The van der Waals surface area contributed by atoms with Crippen molar-refractivity contribution in [2.24, 2.45) is 0 Å². The molecule has 0 saturated carbocycles. The molecule has 0 radical (unpaired) electrons. The van der Waals surface area contributed by atoms with E-state index in [0.29, 0.717) is 0 Å². The van der Waals surface area contributed by atoms with Crippen LogP contribution < -0.4 is 4.90 Å². The van der Waals surface area contributed by atoms with Crippen LogP contribution in [0.1, 0.15) is 25.0 Å². The predicted molar refractivity (Wildman–Crippen MR) is 251 cm³/mol. The highest BCUT2D eigenvalue weighted by Gasteiger charge is 2.38. The minimum absolute atomic E-state index is 0.207. The van der Waals surface area contributed by atoms with Gasteiger partial charge in [-0.1, -0.05) is 147 Å². The maximum absolute atomic E-state index is 6.58. The Balaban J connectivity index is 1.00. The van der Waals surface area contributed by atoms with Crippen LogP contribution in [0, 0.1) is 0 Å². The summed E-state index contributed by atoms with van der Waals surface area (Å²) >= 11 is 0. The fourth-order valence-corrected chi connectivity index (χ4v) is 10.0. The molecule has 0 atom stereocenters. The molecule has 0 N–H and O–H groups in total. The van der Waals surface area contributed by atoms with Crippen molar-refractivity contribution < 1.29 is 4.42 Å². The van der Waals surface area contributed by atoms with Crippen LogP contribution in [0.4, 0.5) is 17.1 Å². The summed E-state index contributed by atoms with van der Waals surface area (Å²) in [7, 11) is 0. The van der Waals surface area contributed by atoms with Crippen molar-refractivity contribution in [1.82, 2.24) is 4.57 Å². The first-order valence-corrected chi connectivity index (χ1v) is 20.8. The standard InChI is InChI=1S/C57H40N2O/c1-57(2)50-36-43(32-33-45(50)47-21-13-20-44(55(47)57)39-16-7-4-8-17-39)58(40-26-24-38(25-27-40)37-14-5-3-6-15-37)41-28-30-42(31-29-41)59-51-22-11-9-19-49(51)54-52(59)35-34-48-46-18-10-12-23-53(46)60-56(48)54/h3-36H,1-2H3. The Morgan fingerprint density at radius 3 is 1.82 bits per heavy atom. The summed E-state index contributed by atoms with van der Waals surface area (Å²) in [5.74, 6) is 0. The summed E-state index contributed by atoms with van der Waals surface area (Å²) in [4.78, 5) is 2.40. The molecular formula is C57H40N2O. The molecule has 0 unspecified atom stereocenters. The topological polar surface area (TPSA) is 21.3 Å². The SMILES string of the molecule is CC1(C)c2cc(N(c3ccc(-c4ccccc4)cc3)c3ccc(-n4c5ccccc5c5c6oc7ccccc7c6ccc54)cc3)ccc2-c2cccc(-c3ccccc3)c21. The fraction of sp³-hybridized carbons (Fsp3) is 0.0526. The molecule has 3 heteroatoms. The molecular weight excluding hydrogens is 729 g/mol. The minimum Gasteiger partial charge on any atom is -0.455 e. The van der Waals surface area contributed by atoms with Gasteiger partial charge in [0.05, 0.1) is 16.4 Å². The number of anilines is 3. The van der Waals surface area contributed by atoms with Crippen molar-refractivity contribution in [3.63, 3.8) is 0 Å². The number of fused-ring (bicyclic) bond motifs is 10. The van der Waals surface area contributed by atoms with E-state index in [1.807, 2.05) is 6.07 Å². The molecule has 0 bridgehead atoms. The highest BCUT2D eigenvalue weighted by molar-refractivity contribution is 6.23. The Labute approximate surface area is 349 Å². The number of rotatable bonds is 6. The monoisotopic (exact) mass is 768 g/mol. The molecule has 0 spiro atoms. The number of hydrogen-bond acceptors (Lipinski definition) is 2. The lowest BCUT2D eigenvalue weighted by atomic mass is 9.78. The van der Waals surface area contributed by atoms with Gasteiger partial charge in [0.25, 0.3) is 0 Å². The van der Waals surface area contributed by atoms with E-state index >= 15 is 0 Å². The maximum Gasteiger partial charge on any atom is 0.145 e. The zero-order valence-electron chi connectivity index (χ0n) is 33.4. The Hall–Kier alpha value is -7.62. The third kappa shape index (κ3) is 5.15. The molecule has 284 valence electrons. The molecule has 0 saturated heterocycles. The molecule has 60 heavy (non-hydrogen) atoms. The van der Waals surface area contributed by atoms with E-state index < -0.39 is 0 Å². The van der Waals surface area contributed by atoms with Crippen LogP contribution in [0.2, 0.25) is 0 Å². The van der Waals surface area contributed by atoms with Gasteiger partial charge in [-0.05, 0) is 117 Å². The van der Waals surface area contributed by atoms with E-state index in [4.69, 9.17) is 4.42 Å². The number of aromatic nitrogens is 1. The molecule has 3 nitrogen and oxygen atoms in total. The van der Waals surface area contributed by atoms with Crippen molar-refractivity contribution in [2.75, 3.05) is 4.90 Å². The van der Waals surface area contributed by atoms with Gasteiger partial charge in [-0.15, -0.1) is 0 Å². The number of furan rings is 1. The number of benzene rings is 9. The first-order chi connectivity index (χ1) is 29.5. The summed E-state index contributed by atoms with van der Waals surface area (Å²) in [6, 6.07) is 74.7. The summed E-state index contributed by atoms with van der Waals surface area (Å²) in [6.07, 6.45) is 0. The molecule has 0 aliphatic heterocycles. The fourth-order valence-electron chi connectivity index (χ4n) is 10.0. The van der Waals surface area contributed by atoms with Gasteiger partial charge in [0.2, 0.25) is 0 Å². The van der Waals surface area contributed by atoms with Crippen LogP contribution in [0.5, 0.6) is 0 Å². The van der Waals surface area contributed by atoms with E-state index in [1.54, 1.807) is 0 Å². The average molecular weight is 769 g/mol. The summed E-state index contributed by atoms with van der Waals surface area (Å²) in [5.41, 5.74) is 18.6. The number of nitrogens with zero attached hydrogens (tertiary/aromatic N) is 2. The molecule has 12 rings (SSSR count). The molecule has 2 aromatic heterocycles. The van der Waals surface area contributed by atoms with Crippen LogP contribution in [0.25, 0.3) is 82.8 Å². The first-order valence-electron chi connectivity index (χ1n) is 20.8. The molecule has 0 amide bonds. The Kier molecular flexibility index (Phi) is 7.58. The average Bonchev–Trinajstić information content (AvgIpc) is 3.93. The van der Waals surface area contributed by atoms with E-state index in [2.05, 4.69) is 224 Å². The molecule has 1 aliphatic rings. The molecule has 9 aromatic carbocycles. The van der Waals surface area contributed by atoms with Gasteiger partial charge >= 0.3 is 0 Å². The van der Waals surface area contributed by atoms with Crippen molar-refractivity contribution in [3.8, 4) is 39.1 Å². The Morgan fingerprint density at radius 1 is 0.433 bits per heavy atom. The zero-order chi connectivity index (χ0) is 40.0. The first kappa shape index (κ1) is 34.4. The van der Waals surface area contributed by atoms with E-state index in [1.165, 1.54) is 49.9 Å². The molecule has 2 heterocycles. The summed E-state index contributed by atoms with van der Waals surface area (Å²) < 4.78 is 8.96. The predicted octanol–water partition coefficient (Wildman–Crippen LogP) is 15.8. The van der Waals surface area contributed by atoms with Crippen LogP contribution in [-0.4, -0.2) is 4.57 Å². The second kappa shape index (κ2) is 13.2. The lowest BCUT2D eigenvalue weighted by Crippen LogP contribution is -2.17. The largest absolute Gasteiger partial charge is 0.455 e. The summed E-state index contributed by atoms with van der Waals surface area (Å²) in [6.45, 7) is 4.76. The summed E-state index contributed by atoms with van der Waals surface area (Å²) in [5, 5.41) is 4.60. The van der Waals surface area contributed by atoms with Crippen LogP contribution in [0.15, 0.2) is 211 Å². The quantitative estimate of drug-likeness (QED) is 0.168. The van der Waals surface area contributed by atoms with Crippen molar-refractivity contribution in [2.45, 2.75) is 19.3 Å². The van der Waals surface area contributed by atoms with Crippen molar-refractivity contribution in [1.29, 1.82) is 0 Å². The second-order valence-electron chi connectivity index (χ2n) is 16.5. The van der Waals surface area contributed by atoms with Gasteiger partial charge in [-0.25, -0.2) is 0 Å². The van der Waals surface area contributed by atoms with Crippen molar-refractivity contribution in [3.05, 3.63) is 217 Å². The maximum atomic E-state index is 6.58. The van der Waals surface area contributed by atoms with Crippen LogP contribution in [0.3, 0.4) is 0 Å². The Bertz CT molecular complexity index is 3430. The molecule has 1 aliphatic carbocycles. The smallest absolute Gasteiger partial charge is 0.145 e. The lowest BCUT2D eigenvalue weighted by molar-refractivity contribution is 0.662. The third-order valence-corrected chi connectivity index (χ3v) is 12.8. The number of para-hydroxylation sites is 2. The minimum atomic E-state index is -0.207. The van der Waals surface area contributed by atoms with Gasteiger partial charge < -0.3 is 13.9 Å². The third-order valence-electron chi connectivity index (χ3n) is 12.8. The van der Waals surface area contributed by atoms with Crippen molar-refractivity contribution >= 4 is 60.8 Å². The van der Waals surface area contributed by atoms with Gasteiger partial charge in [0.1, 0.15) is 11.2 Å². The normalized spacial score (nSPS) is 13.0. The van der Waals surface area contributed by atoms with Gasteiger partial charge in [0, 0.05) is 44.3 Å². The second-order valence-corrected chi connectivity index (χ2v) is 16.5. The zero-order valence-corrected chi connectivity index (χ0v) is 33.4. The van der Waals surface area contributed by atoms with Crippen LogP contribution >= 0.6 is 0 Å². The van der Waals surface area contributed by atoms with Gasteiger partial charge in [0.15, 0.2) is 0 Å². The van der Waals surface area contributed by atoms with Crippen LogP contribution in [-0.2, 0) is 5.41 Å².